The first-order chi connectivity index (χ1) is 11.0. The molecule has 1 aromatic carbocycles. The van der Waals surface area contributed by atoms with Crippen LogP contribution >= 0.6 is 11.6 Å². The molecule has 0 bridgehead atoms. The van der Waals surface area contributed by atoms with Gasteiger partial charge in [0.15, 0.2) is 0 Å². The lowest BCUT2D eigenvalue weighted by Crippen LogP contribution is -2.20. The minimum atomic E-state index is -0.214. The van der Waals surface area contributed by atoms with Crippen molar-refractivity contribution in [1.82, 2.24) is 14.5 Å². The highest BCUT2D eigenvalue weighted by Gasteiger charge is 2.10. The van der Waals surface area contributed by atoms with Gasteiger partial charge in [0.2, 0.25) is 5.91 Å². The first kappa shape index (κ1) is 15.3. The van der Waals surface area contributed by atoms with Crippen LogP contribution in [0, 0.1) is 6.92 Å². The number of anilines is 1. The highest BCUT2D eigenvalue weighted by Crippen LogP contribution is 2.26. The molecule has 0 saturated heterocycles. The highest BCUT2D eigenvalue weighted by molar-refractivity contribution is 6.34. The molecule has 0 aliphatic carbocycles. The second-order valence-corrected chi connectivity index (χ2v) is 5.73. The maximum atomic E-state index is 12.6. The number of pyridine rings is 1. The minimum absolute atomic E-state index is 0.152. The van der Waals surface area contributed by atoms with Crippen LogP contribution in [-0.2, 0) is 11.3 Å². The zero-order chi connectivity index (χ0) is 16.6. The summed E-state index contributed by atoms with van der Waals surface area (Å²) in [6.45, 7) is 3.70. The third-order valence-corrected chi connectivity index (χ3v) is 3.94. The molecule has 0 spiro atoms. The molecule has 0 aliphatic heterocycles. The van der Waals surface area contributed by atoms with Gasteiger partial charge in [-0.3, -0.25) is 9.59 Å². The monoisotopic (exact) mass is 330 g/mol. The zero-order valence-corrected chi connectivity index (χ0v) is 13.4. The number of carbonyl (C=O) groups is 1. The Morgan fingerprint density at radius 3 is 2.87 bits per heavy atom. The molecule has 3 rings (SSSR count). The fourth-order valence-corrected chi connectivity index (χ4v) is 2.63. The van der Waals surface area contributed by atoms with Gasteiger partial charge in [0, 0.05) is 24.2 Å². The van der Waals surface area contributed by atoms with Crippen molar-refractivity contribution in [3.05, 3.63) is 57.5 Å². The Hall–Kier alpha value is -2.60. The summed E-state index contributed by atoms with van der Waals surface area (Å²) < 4.78 is 1.58. The van der Waals surface area contributed by atoms with Crippen molar-refractivity contribution >= 4 is 34.0 Å². The Bertz CT molecular complexity index is 958. The molecule has 2 aromatic heterocycles. The van der Waals surface area contributed by atoms with Crippen LogP contribution in [-0.4, -0.2) is 20.4 Å². The number of fused-ring (bicyclic) bond motifs is 1. The van der Waals surface area contributed by atoms with Gasteiger partial charge in [-0.1, -0.05) is 11.6 Å². The summed E-state index contributed by atoms with van der Waals surface area (Å²) in [5.74, 6) is -0.214. The summed E-state index contributed by atoms with van der Waals surface area (Å²) in [7, 11) is 0. The third kappa shape index (κ3) is 2.98. The second kappa shape index (κ2) is 5.89. The summed E-state index contributed by atoms with van der Waals surface area (Å²) in [6, 6.07) is 5.10. The predicted octanol–water partition coefficient (Wildman–Crippen LogP) is 2.69. The molecule has 7 heteroatoms. The number of H-pyrrole nitrogens is 1. The summed E-state index contributed by atoms with van der Waals surface area (Å²) >= 11 is 6.16. The zero-order valence-electron chi connectivity index (χ0n) is 12.7. The van der Waals surface area contributed by atoms with Crippen molar-refractivity contribution in [1.29, 1.82) is 0 Å². The number of imidazole rings is 1. The van der Waals surface area contributed by atoms with Gasteiger partial charge in [0.25, 0.3) is 5.56 Å². The number of halogens is 1. The van der Waals surface area contributed by atoms with E-state index in [9.17, 15) is 9.59 Å². The maximum Gasteiger partial charge on any atom is 0.258 e. The fraction of sp³-hybridized carbons (Fsp3) is 0.188. The van der Waals surface area contributed by atoms with Crippen LogP contribution in [0.3, 0.4) is 0 Å². The van der Waals surface area contributed by atoms with Crippen LogP contribution in [0.25, 0.3) is 10.8 Å². The smallest absolute Gasteiger partial charge is 0.258 e. The molecule has 0 fully saturated rings. The molecule has 2 heterocycles. The van der Waals surface area contributed by atoms with E-state index in [0.717, 1.165) is 16.8 Å². The van der Waals surface area contributed by atoms with Crippen LogP contribution in [0.1, 0.15) is 18.3 Å². The fourth-order valence-electron chi connectivity index (χ4n) is 2.42. The van der Waals surface area contributed by atoms with Crippen molar-refractivity contribution in [3.8, 4) is 0 Å². The molecule has 1 amide bonds. The second-order valence-electron chi connectivity index (χ2n) is 5.32. The van der Waals surface area contributed by atoms with Crippen LogP contribution in [0.15, 0.2) is 35.5 Å². The van der Waals surface area contributed by atoms with Crippen LogP contribution < -0.4 is 10.9 Å². The number of aromatic amines is 1. The lowest BCUT2D eigenvalue weighted by Gasteiger charge is -2.10. The number of amides is 1. The summed E-state index contributed by atoms with van der Waals surface area (Å²) in [5, 5.41) is 4.20. The van der Waals surface area contributed by atoms with Gasteiger partial charge in [-0.2, -0.15) is 0 Å². The van der Waals surface area contributed by atoms with Crippen molar-refractivity contribution in [3.63, 3.8) is 0 Å². The third-order valence-electron chi connectivity index (χ3n) is 3.63. The van der Waals surface area contributed by atoms with Crippen molar-refractivity contribution < 1.29 is 4.79 Å². The first-order valence-corrected chi connectivity index (χ1v) is 7.42. The number of nitrogens with one attached hydrogen (secondary N) is 2. The van der Waals surface area contributed by atoms with Gasteiger partial charge in [-0.05, 0) is 30.5 Å². The Balaban J connectivity index is 2.07. The molecular weight excluding hydrogens is 316 g/mol. The Morgan fingerprint density at radius 2 is 2.22 bits per heavy atom. The topological polar surface area (TPSA) is 79.8 Å². The Morgan fingerprint density at radius 1 is 1.43 bits per heavy atom. The maximum absolute atomic E-state index is 12.6. The molecule has 0 aliphatic rings. The van der Waals surface area contributed by atoms with E-state index in [2.05, 4.69) is 15.3 Å². The van der Waals surface area contributed by atoms with Gasteiger partial charge >= 0.3 is 0 Å². The standard InChI is InChI=1S/C16H15ClN4O2/c1-9-15(19-8-18-9)7-21-4-3-11-5-14(20-10(2)22)13(17)6-12(11)16(21)23/h3-6,8H,7H2,1-2H3,(H,18,19)(H,20,22). The van der Waals surface area contributed by atoms with E-state index in [0.29, 0.717) is 22.6 Å². The molecule has 0 unspecified atom stereocenters. The molecule has 3 aromatic rings. The molecule has 2 N–H and O–H groups in total. The normalized spacial score (nSPS) is 10.9. The van der Waals surface area contributed by atoms with Crippen molar-refractivity contribution in [2.24, 2.45) is 0 Å². The van der Waals surface area contributed by atoms with Crippen molar-refractivity contribution in [2.45, 2.75) is 20.4 Å². The molecule has 23 heavy (non-hydrogen) atoms. The molecular formula is C16H15ClN4O2. The lowest BCUT2D eigenvalue weighted by atomic mass is 10.1. The molecule has 0 radical (unpaired) electrons. The van der Waals surface area contributed by atoms with E-state index >= 15 is 0 Å². The van der Waals surface area contributed by atoms with E-state index in [4.69, 9.17) is 11.6 Å². The SMILES string of the molecule is CC(=O)Nc1cc2ccn(Cc3nc[nH]c3C)c(=O)c2cc1Cl. The highest BCUT2D eigenvalue weighted by atomic mass is 35.5. The minimum Gasteiger partial charge on any atom is -0.348 e. The Labute approximate surface area is 137 Å². The number of nitrogens with zero attached hydrogens (tertiary/aromatic N) is 2. The number of rotatable bonds is 3. The van der Waals surface area contributed by atoms with Gasteiger partial charge in [0.1, 0.15) is 0 Å². The van der Waals surface area contributed by atoms with E-state index in [1.54, 1.807) is 29.2 Å². The van der Waals surface area contributed by atoms with Crippen molar-refractivity contribution in [2.75, 3.05) is 5.32 Å². The average Bonchev–Trinajstić information content (AvgIpc) is 2.89. The largest absolute Gasteiger partial charge is 0.348 e. The molecule has 6 nitrogen and oxygen atoms in total. The Kier molecular flexibility index (Phi) is 3.92. The molecule has 118 valence electrons. The number of aryl methyl sites for hydroxylation is 1. The molecule has 0 saturated carbocycles. The van der Waals surface area contributed by atoms with Crippen LogP contribution in [0.2, 0.25) is 5.02 Å². The number of hydrogen-bond acceptors (Lipinski definition) is 3. The predicted molar refractivity (Wildman–Crippen MR) is 89.9 cm³/mol. The quantitative estimate of drug-likeness (QED) is 0.775. The summed E-state index contributed by atoms with van der Waals surface area (Å²) in [6.07, 6.45) is 3.32. The lowest BCUT2D eigenvalue weighted by molar-refractivity contribution is -0.114. The van der Waals surface area contributed by atoms with E-state index in [1.807, 2.05) is 13.0 Å². The number of carbonyl (C=O) groups excluding carboxylic acids is 1. The summed E-state index contributed by atoms with van der Waals surface area (Å²) in [5.41, 5.74) is 2.08. The van der Waals surface area contributed by atoms with Crippen LogP contribution in [0.4, 0.5) is 5.69 Å². The average molecular weight is 331 g/mol. The van der Waals surface area contributed by atoms with E-state index < -0.39 is 0 Å². The van der Waals surface area contributed by atoms with E-state index in [1.165, 1.54) is 6.92 Å². The van der Waals surface area contributed by atoms with Gasteiger partial charge in [-0.25, -0.2) is 4.98 Å². The van der Waals surface area contributed by atoms with Crippen LogP contribution in [0.5, 0.6) is 0 Å². The molecule has 0 atom stereocenters. The van der Waals surface area contributed by atoms with Gasteiger partial charge in [-0.15, -0.1) is 0 Å². The first-order valence-electron chi connectivity index (χ1n) is 7.05. The number of hydrogen-bond donors (Lipinski definition) is 2. The van der Waals surface area contributed by atoms with E-state index in [-0.39, 0.29) is 11.5 Å². The number of aromatic nitrogens is 3. The summed E-state index contributed by atoms with van der Waals surface area (Å²) in [4.78, 5) is 31.0. The number of benzene rings is 1. The van der Waals surface area contributed by atoms with Gasteiger partial charge < -0.3 is 14.9 Å². The van der Waals surface area contributed by atoms with Gasteiger partial charge in [0.05, 0.1) is 29.3 Å².